The number of aromatic nitrogens is 1. The van der Waals surface area contributed by atoms with Crippen molar-refractivity contribution in [3.63, 3.8) is 0 Å². The van der Waals surface area contributed by atoms with Crippen molar-refractivity contribution < 1.29 is 4.74 Å². The highest BCUT2D eigenvalue weighted by Crippen LogP contribution is 2.26. The molecular formula is C19H22N2O. The molecule has 0 fully saturated rings. The molecule has 3 nitrogen and oxygen atoms in total. The van der Waals surface area contributed by atoms with Crippen LogP contribution in [0.3, 0.4) is 0 Å². The van der Waals surface area contributed by atoms with Gasteiger partial charge in [-0.2, -0.15) is 0 Å². The van der Waals surface area contributed by atoms with Gasteiger partial charge in [0, 0.05) is 23.7 Å². The van der Waals surface area contributed by atoms with Gasteiger partial charge in [0.2, 0.25) is 0 Å². The molecule has 114 valence electrons. The summed E-state index contributed by atoms with van der Waals surface area (Å²) in [5.41, 5.74) is 3.75. The Hall–Kier alpha value is -2.26. The fourth-order valence-corrected chi connectivity index (χ4v) is 2.88. The number of nitrogens with zero attached hydrogens (tertiary/aromatic N) is 1. The second-order valence-corrected chi connectivity index (χ2v) is 5.84. The number of likely N-dealkylation sites (N-methyl/N-ethyl adjacent to an activating group) is 1. The fourth-order valence-electron chi connectivity index (χ4n) is 2.88. The van der Waals surface area contributed by atoms with Gasteiger partial charge in [-0.1, -0.05) is 30.3 Å². The molecule has 0 aliphatic carbocycles. The zero-order chi connectivity index (χ0) is 15.5. The van der Waals surface area contributed by atoms with Gasteiger partial charge < -0.3 is 14.6 Å². The van der Waals surface area contributed by atoms with Crippen molar-refractivity contribution in [2.24, 2.45) is 0 Å². The van der Waals surface area contributed by atoms with Crippen LogP contribution in [0.2, 0.25) is 0 Å². The third-order valence-electron chi connectivity index (χ3n) is 4.12. The predicted octanol–water partition coefficient (Wildman–Crippen LogP) is 4.02. The molecule has 0 spiro atoms. The molecule has 0 amide bonds. The Morgan fingerprint density at radius 1 is 1.05 bits per heavy atom. The van der Waals surface area contributed by atoms with E-state index in [-0.39, 0.29) is 0 Å². The molecule has 1 atom stereocenters. The van der Waals surface area contributed by atoms with Crippen molar-refractivity contribution in [3.05, 3.63) is 65.9 Å². The quantitative estimate of drug-likeness (QED) is 0.769. The van der Waals surface area contributed by atoms with Gasteiger partial charge in [-0.05, 0) is 49.3 Å². The molecule has 22 heavy (non-hydrogen) atoms. The van der Waals surface area contributed by atoms with Gasteiger partial charge in [0.1, 0.15) is 5.75 Å². The molecule has 1 heterocycles. The summed E-state index contributed by atoms with van der Waals surface area (Å²) in [7, 11) is 5.94. The first kappa shape index (κ1) is 14.7. The van der Waals surface area contributed by atoms with Gasteiger partial charge in [-0.3, -0.25) is 0 Å². The summed E-state index contributed by atoms with van der Waals surface area (Å²) in [5, 5.41) is 1.27. The number of aromatic amines is 1. The lowest BCUT2D eigenvalue weighted by Crippen LogP contribution is -2.22. The number of ether oxygens (including phenoxy) is 1. The first-order valence-corrected chi connectivity index (χ1v) is 7.54. The maximum absolute atomic E-state index is 5.25. The van der Waals surface area contributed by atoms with Crippen molar-refractivity contribution in [2.45, 2.75) is 12.5 Å². The second kappa shape index (κ2) is 6.24. The standard InChI is InChI=1S/C19H22N2O/c1-21(2)19(14-8-10-17(22-3)11-9-14)13-16-12-15-6-4-5-7-18(15)20-16/h4-12,19-20H,13H2,1-3H3. The van der Waals surface area contributed by atoms with E-state index in [0.29, 0.717) is 6.04 Å². The summed E-state index contributed by atoms with van der Waals surface area (Å²) in [5.74, 6) is 0.895. The first-order valence-electron chi connectivity index (χ1n) is 7.54. The number of para-hydroxylation sites is 1. The van der Waals surface area contributed by atoms with E-state index in [1.807, 2.05) is 12.1 Å². The van der Waals surface area contributed by atoms with Crippen molar-refractivity contribution in [1.29, 1.82) is 0 Å². The zero-order valence-electron chi connectivity index (χ0n) is 13.3. The number of fused-ring (bicyclic) bond motifs is 1. The molecule has 3 heteroatoms. The van der Waals surface area contributed by atoms with E-state index in [9.17, 15) is 0 Å². The fraction of sp³-hybridized carbons (Fsp3) is 0.263. The normalized spacial score (nSPS) is 12.7. The Morgan fingerprint density at radius 2 is 1.77 bits per heavy atom. The van der Waals surface area contributed by atoms with Gasteiger partial charge >= 0.3 is 0 Å². The molecule has 0 saturated carbocycles. The molecule has 1 aromatic heterocycles. The average molecular weight is 294 g/mol. The monoisotopic (exact) mass is 294 g/mol. The molecule has 0 aliphatic heterocycles. The Kier molecular flexibility index (Phi) is 4.16. The molecule has 1 unspecified atom stereocenters. The lowest BCUT2D eigenvalue weighted by molar-refractivity contribution is 0.296. The van der Waals surface area contributed by atoms with Crippen LogP contribution in [0.15, 0.2) is 54.6 Å². The van der Waals surface area contributed by atoms with Gasteiger partial charge in [-0.15, -0.1) is 0 Å². The Bertz CT molecular complexity index is 710. The molecule has 2 aromatic carbocycles. The van der Waals surface area contributed by atoms with Crippen LogP contribution >= 0.6 is 0 Å². The molecule has 0 saturated heterocycles. The number of methoxy groups -OCH3 is 1. The summed E-state index contributed by atoms with van der Waals surface area (Å²) in [4.78, 5) is 5.78. The highest BCUT2D eigenvalue weighted by molar-refractivity contribution is 5.80. The van der Waals surface area contributed by atoms with E-state index in [1.165, 1.54) is 22.2 Å². The number of nitrogens with one attached hydrogen (secondary N) is 1. The van der Waals surface area contributed by atoms with Gasteiger partial charge in [0.15, 0.2) is 0 Å². The highest BCUT2D eigenvalue weighted by Gasteiger charge is 2.16. The number of hydrogen-bond acceptors (Lipinski definition) is 2. The second-order valence-electron chi connectivity index (χ2n) is 5.84. The SMILES string of the molecule is COc1ccc(C(Cc2cc3ccccc3[nH]2)N(C)C)cc1. The molecule has 1 N–H and O–H groups in total. The van der Waals surface area contributed by atoms with Crippen LogP contribution in [0.1, 0.15) is 17.3 Å². The maximum Gasteiger partial charge on any atom is 0.118 e. The predicted molar refractivity (Wildman–Crippen MR) is 91.4 cm³/mol. The largest absolute Gasteiger partial charge is 0.497 e. The van der Waals surface area contributed by atoms with Gasteiger partial charge in [-0.25, -0.2) is 0 Å². The van der Waals surface area contributed by atoms with Crippen LogP contribution < -0.4 is 4.74 Å². The van der Waals surface area contributed by atoms with E-state index in [4.69, 9.17) is 4.74 Å². The molecule has 0 bridgehead atoms. The Morgan fingerprint density at radius 3 is 2.41 bits per heavy atom. The van der Waals surface area contributed by atoms with Crippen LogP contribution in [-0.2, 0) is 6.42 Å². The van der Waals surface area contributed by atoms with E-state index in [1.54, 1.807) is 7.11 Å². The molecule has 0 radical (unpaired) electrons. The zero-order valence-corrected chi connectivity index (χ0v) is 13.3. The number of rotatable bonds is 5. The smallest absolute Gasteiger partial charge is 0.118 e. The average Bonchev–Trinajstić information content (AvgIpc) is 2.95. The topological polar surface area (TPSA) is 28.3 Å². The van der Waals surface area contributed by atoms with Gasteiger partial charge in [0.25, 0.3) is 0 Å². The Balaban J connectivity index is 1.87. The summed E-state index contributed by atoms with van der Waals surface area (Å²) in [6.07, 6.45) is 0.952. The van der Waals surface area contributed by atoms with Crippen molar-refractivity contribution in [1.82, 2.24) is 9.88 Å². The van der Waals surface area contributed by atoms with Crippen molar-refractivity contribution >= 4 is 10.9 Å². The Labute approximate surface area is 131 Å². The van der Waals surface area contributed by atoms with E-state index >= 15 is 0 Å². The summed E-state index contributed by atoms with van der Waals surface area (Å²) in [6, 6.07) is 19.3. The van der Waals surface area contributed by atoms with Crippen LogP contribution in [0.5, 0.6) is 5.75 Å². The van der Waals surface area contributed by atoms with Crippen LogP contribution in [0.25, 0.3) is 10.9 Å². The van der Waals surface area contributed by atoms with Crippen molar-refractivity contribution in [3.8, 4) is 5.75 Å². The van der Waals surface area contributed by atoms with Crippen molar-refractivity contribution in [2.75, 3.05) is 21.2 Å². The third kappa shape index (κ3) is 3.00. The maximum atomic E-state index is 5.25. The first-order chi connectivity index (χ1) is 10.7. The van der Waals surface area contributed by atoms with Crippen LogP contribution in [-0.4, -0.2) is 31.1 Å². The van der Waals surface area contributed by atoms with Crippen LogP contribution in [0, 0.1) is 0 Å². The van der Waals surface area contributed by atoms with E-state index in [0.717, 1.165) is 12.2 Å². The van der Waals surface area contributed by atoms with E-state index in [2.05, 4.69) is 66.4 Å². The van der Waals surface area contributed by atoms with Gasteiger partial charge in [0.05, 0.1) is 7.11 Å². The molecular weight excluding hydrogens is 272 g/mol. The summed E-state index contributed by atoms with van der Waals surface area (Å²) >= 11 is 0. The molecule has 0 aliphatic rings. The summed E-state index contributed by atoms with van der Waals surface area (Å²) < 4.78 is 5.25. The minimum Gasteiger partial charge on any atom is -0.497 e. The van der Waals surface area contributed by atoms with Crippen LogP contribution in [0.4, 0.5) is 0 Å². The lowest BCUT2D eigenvalue weighted by Gasteiger charge is -2.24. The third-order valence-corrected chi connectivity index (χ3v) is 4.12. The summed E-state index contributed by atoms with van der Waals surface area (Å²) in [6.45, 7) is 0. The highest BCUT2D eigenvalue weighted by atomic mass is 16.5. The molecule has 3 rings (SSSR count). The molecule has 3 aromatic rings. The minimum atomic E-state index is 0.332. The number of hydrogen-bond donors (Lipinski definition) is 1. The van der Waals surface area contributed by atoms with E-state index < -0.39 is 0 Å². The lowest BCUT2D eigenvalue weighted by atomic mass is 10.0. The number of benzene rings is 2. The number of H-pyrrole nitrogens is 1. The minimum absolute atomic E-state index is 0.332.